The lowest BCUT2D eigenvalue weighted by Crippen LogP contribution is -2.30. The molecule has 4 rings (SSSR count). The largest absolute Gasteiger partial charge is 0.497 e. The van der Waals surface area contributed by atoms with Gasteiger partial charge in [-0.25, -0.2) is 4.39 Å². The van der Waals surface area contributed by atoms with E-state index in [1.165, 1.54) is 30.0 Å². The monoisotopic (exact) mass is 617 g/mol. The fraction of sp³-hybridized carbons (Fsp3) is 0.121. The summed E-state index contributed by atoms with van der Waals surface area (Å²) in [6, 6.07) is 26.7. The molecule has 3 amide bonds. The Morgan fingerprint density at radius 1 is 0.907 bits per heavy atom. The van der Waals surface area contributed by atoms with Crippen LogP contribution in [0.4, 0.5) is 15.8 Å². The van der Waals surface area contributed by atoms with Crippen LogP contribution in [0.2, 0.25) is 5.02 Å². The van der Waals surface area contributed by atoms with Gasteiger partial charge in [-0.3, -0.25) is 14.4 Å². The molecule has 43 heavy (non-hydrogen) atoms. The van der Waals surface area contributed by atoms with E-state index < -0.39 is 22.9 Å². The summed E-state index contributed by atoms with van der Waals surface area (Å²) < 4.78 is 18.7. The average Bonchev–Trinajstić information content (AvgIpc) is 3.02. The highest BCUT2D eigenvalue weighted by Crippen LogP contribution is 2.29. The van der Waals surface area contributed by atoms with E-state index in [1.807, 2.05) is 13.0 Å². The number of carbonyl (C=O) groups is 3. The van der Waals surface area contributed by atoms with Crippen LogP contribution >= 0.6 is 23.4 Å². The standard InChI is InChI=1S/C33H29ClFN3O4S/c1-3-30(33(41)37-24-14-17-28(35)27(34)20-24)43-26-11-7-10-23(19-26)36-32(40)29(18-21-12-15-25(42-2)16-13-21)38-31(39)22-8-5-4-6-9-22/h4-20,30H,3H2,1-2H3,(H,36,40)(H,37,41)(H,38,39)/b29-18+. The number of nitrogens with one attached hydrogen (secondary N) is 3. The molecule has 0 heterocycles. The molecule has 4 aromatic rings. The zero-order valence-electron chi connectivity index (χ0n) is 23.4. The maximum atomic E-state index is 13.5. The summed E-state index contributed by atoms with van der Waals surface area (Å²) in [6.45, 7) is 1.88. The maximum Gasteiger partial charge on any atom is 0.272 e. The molecule has 0 spiro atoms. The summed E-state index contributed by atoms with van der Waals surface area (Å²) in [7, 11) is 1.56. The van der Waals surface area contributed by atoms with Crippen molar-refractivity contribution < 1.29 is 23.5 Å². The number of benzene rings is 4. The van der Waals surface area contributed by atoms with Crippen molar-refractivity contribution in [2.24, 2.45) is 0 Å². The Hall–Kier alpha value is -4.60. The molecule has 0 saturated heterocycles. The van der Waals surface area contributed by atoms with E-state index in [0.717, 1.165) is 4.90 Å². The summed E-state index contributed by atoms with van der Waals surface area (Å²) in [6.07, 6.45) is 2.09. The lowest BCUT2D eigenvalue weighted by Gasteiger charge is -2.16. The predicted octanol–water partition coefficient (Wildman–Crippen LogP) is 7.41. The third kappa shape index (κ3) is 8.94. The second kappa shape index (κ2) is 15.0. The van der Waals surface area contributed by atoms with Gasteiger partial charge in [0.25, 0.3) is 11.8 Å². The molecule has 0 radical (unpaired) electrons. The van der Waals surface area contributed by atoms with Gasteiger partial charge in [0.15, 0.2) is 0 Å². The molecule has 10 heteroatoms. The predicted molar refractivity (Wildman–Crippen MR) is 170 cm³/mol. The van der Waals surface area contributed by atoms with E-state index in [0.29, 0.717) is 34.7 Å². The highest BCUT2D eigenvalue weighted by atomic mass is 35.5. The third-order valence-corrected chi connectivity index (χ3v) is 7.82. The minimum absolute atomic E-state index is 0.0425. The lowest BCUT2D eigenvalue weighted by molar-refractivity contribution is -0.116. The molecular formula is C33H29ClFN3O4S. The summed E-state index contributed by atoms with van der Waals surface area (Å²) in [4.78, 5) is 40.0. The van der Waals surface area contributed by atoms with Crippen LogP contribution in [0.3, 0.4) is 0 Å². The summed E-state index contributed by atoms with van der Waals surface area (Å²) in [5, 5.41) is 7.78. The van der Waals surface area contributed by atoms with Crippen LogP contribution in [0.15, 0.2) is 108 Å². The number of hydrogen-bond acceptors (Lipinski definition) is 5. The Kier molecular flexibility index (Phi) is 11.0. The number of thioether (sulfide) groups is 1. The smallest absolute Gasteiger partial charge is 0.272 e. The van der Waals surface area contributed by atoms with Gasteiger partial charge in [0, 0.05) is 21.8 Å². The Morgan fingerprint density at radius 2 is 1.63 bits per heavy atom. The molecule has 0 aromatic heterocycles. The number of methoxy groups -OCH3 is 1. The van der Waals surface area contributed by atoms with Crippen LogP contribution in [0, 0.1) is 5.82 Å². The summed E-state index contributed by atoms with van der Waals surface area (Å²) in [5.74, 6) is -1.13. The number of amides is 3. The molecule has 0 fully saturated rings. The van der Waals surface area contributed by atoms with Crippen molar-refractivity contribution in [3.63, 3.8) is 0 Å². The van der Waals surface area contributed by atoms with E-state index in [4.69, 9.17) is 16.3 Å². The molecule has 1 atom stereocenters. The first kappa shape index (κ1) is 31.3. The van der Waals surface area contributed by atoms with Crippen LogP contribution in [-0.4, -0.2) is 30.1 Å². The van der Waals surface area contributed by atoms with Crippen molar-refractivity contribution in [2.75, 3.05) is 17.7 Å². The first-order valence-electron chi connectivity index (χ1n) is 13.3. The average molecular weight is 618 g/mol. The van der Waals surface area contributed by atoms with E-state index in [2.05, 4.69) is 16.0 Å². The van der Waals surface area contributed by atoms with Gasteiger partial charge in [0.1, 0.15) is 17.3 Å². The molecule has 4 aromatic carbocycles. The molecule has 0 aliphatic carbocycles. The van der Waals surface area contributed by atoms with E-state index in [1.54, 1.807) is 86.0 Å². The SMILES string of the molecule is CCC(Sc1cccc(NC(=O)/C(=C\c2ccc(OC)cc2)NC(=O)c2ccccc2)c1)C(=O)Nc1ccc(F)c(Cl)c1. The molecule has 1 unspecified atom stereocenters. The van der Waals surface area contributed by atoms with Crippen LogP contribution < -0.4 is 20.7 Å². The highest BCUT2D eigenvalue weighted by Gasteiger charge is 2.20. The van der Waals surface area contributed by atoms with Crippen LogP contribution in [0.1, 0.15) is 29.3 Å². The molecule has 3 N–H and O–H groups in total. The third-order valence-electron chi connectivity index (χ3n) is 6.18. The summed E-state index contributed by atoms with van der Waals surface area (Å²) in [5.41, 5.74) is 2.00. The number of carbonyl (C=O) groups excluding carboxylic acids is 3. The highest BCUT2D eigenvalue weighted by molar-refractivity contribution is 8.00. The van der Waals surface area contributed by atoms with Crippen molar-refractivity contribution >= 4 is 58.5 Å². The van der Waals surface area contributed by atoms with E-state index in [9.17, 15) is 18.8 Å². The van der Waals surface area contributed by atoms with Gasteiger partial charge in [-0.05, 0) is 78.7 Å². The maximum absolute atomic E-state index is 13.5. The fourth-order valence-electron chi connectivity index (χ4n) is 3.94. The second-order valence-electron chi connectivity index (χ2n) is 9.27. The molecule has 0 aliphatic heterocycles. The van der Waals surface area contributed by atoms with Crippen molar-refractivity contribution in [2.45, 2.75) is 23.5 Å². The van der Waals surface area contributed by atoms with Crippen LogP contribution in [0.25, 0.3) is 6.08 Å². The van der Waals surface area contributed by atoms with Gasteiger partial charge < -0.3 is 20.7 Å². The topological polar surface area (TPSA) is 96.5 Å². The normalized spacial score (nSPS) is 11.8. The Labute approximate surface area is 258 Å². The molecule has 7 nitrogen and oxygen atoms in total. The van der Waals surface area contributed by atoms with Crippen LogP contribution in [0.5, 0.6) is 5.75 Å². The minimum atomic E-state index is -0.568. The quantitative estimate of drug-likeness (QED) is 0.120. The first-order chi connectivity index (χ1) is 20.7. The van der Waals surface area contributed by atoms with E-state index >= 15 is 0 Å². The minimum Gasteiger partial charge on any atom is -0.497 e. The Morgan fingerprint density at radius 3 is 2.30 bits per heavy atom. The summed E-state index contributed by atoms with van der Waals surface area (Å²) >= 11 is 7.16. The van der Waals surface area contributed by atoms with Crippen molar-refractivity contribution in [3.05, 3.63) is 125 Å². The molecular weight excluding hydrogens is 589 g/mol. The van der Waals surface area contributed by atoms with E-state index in [-0.39, 0.29) is 16.6 Å². The van der Waals surface area contributed by atoms with Gasteiger partial charge in [-0.2, -0.15) is 0 Å². The Bertz CT molecular complexity index is 1630. The fourth-order valence-corrected chi connectivity index (χ4v) is 5.13. The van der Waals surface area contributed by atoms with Gasteiger partial charge in [0.05, 0.1) is 17.4 Å². The zero-order chi connectivity index (χ0) is 30.8. The number of anilines is 2. The van der Waals surface area contributed by atoms with Gasteiger partial charge >= 0.3 is 0 Å². The first-order valence-corrected chi connectivity index (χ1v) is 14.6. The number of halogens is 2. The van der Waals surface area contributed by atoms with Gasteiger partial charge in [0.2, 0.25) is 5.91 Å². The number of ether oxygens (including phenoxy) is 1. The van der Waals surface area contributed by atoms with Crippen molar-refractivity contribution in [3.8, 4) is 5.75 Å². The number of hydrogen-bond donors (Lipinski definition) is 3. The van der Waals surface area contributed by atoms with Gasteiger partial charge in [-0.15, -0.1) is 11.8 Å². The number of rotatable bonds is 11. The van der Waals surface area contributed by atoms with Crippen molar-refractivity contribution in [1.29, 1.82) is 0 Å². The van der Waals surface area contributed by atoms with Crippen LogP contribution in [-0.2, 0) is 9.59 Å². The van der Waals surface area contributed by atoms with Crippen molar-refractivity contribution in [1.82, 2.24) is 5.32 Å². The Balaban J connectivity index is 1.50. The molecule has 0 saturated carbocycles. The lowest BCUT2D eigenvalue weighted by atomic mass is 10.1. The zero-order valence-corrected chi connectivity index (χ0v) is 25.0. The second-order valence-corrected chi connectivity index (χ2v) is 10.9. The molecule has 0 aliphatic rings. The molecule has 220 valence electrons. The van der Waals surface area contributed by atoms with Gasteiger partial charge in [-0.1, -0.05) is 54.9 Å². The molecule has 0 bridgehead atoms.